The van der Waals surface area contributed by atoms with Crippen LogP contribution in [0.2, 0.25) is 0 Å². The lowest BCUT2D eigenvalue weighted by atomic mass is 9.66. The molecule has 0 aromatic heterocycles. The van der Waals surface area contributed by atoms with Crippen molar-refractivity contribution in [3.05, 3.63) is 23.8 Å². The lowest BCUT2D eigenvalue weighted by molar-refractivity contribution is -0.143. The molecule has 1 aromatic rings. The van der Waals surface area contributed by atoms with Crippen molar-refractivity contribution in [1.82, 2.24) is 0 Å². The molecule has 1 atom stereocenters. The Balaban J connectivity index is 2.35. The Morgan fingerprint density at radius 3 is 2.29 bits per heavy atom. The highest BCUT2D eigenvalue weighted by Crippen LogP contribution is 2.43. The van der Waals surface area contributed by atoms with Crippen LogP contribution in [-0.4, -0.2) is 41.1 Å². The average molecular weight is 336 g/mol. The van der Waals surface area contributed by atoms with E-state index in [0.717, 1.165) is 0 Å². The van der Waals surface area contributed by atoms with Crippen molar-refractivity contribution in [2.24, 2.45) is 0 Å². The van der Waals surface area contributed by atoms with Gasteiger partial charge in [0.25, 0.3) is 0 Å². The Hall–Kier alpha value is -1.73. The summed E-state index contributed by atoms with van der Waals surface area (Å²) in [4.78, 5) is 12.0. The van der Waals surface area contributed by atoms with Crippen molar-refractivity contribution in [1.29, 1.82) is 0 Å². The zero-order valence-corrected chi connectivity index (χ0v) is 14.8. The molecule has 6 nitrogen and oxygen atoms in total. The third kappa shape index (κ3) is 3.67. The molecule has 1 aromatic carbocycles. The van der Waals surface area contributed by atoms with Crippen molar-refractivity contribution in [2.75, 3.05) is 6.61 Å². The second-order valence-corrected chi connectivity index (χ2v) is 6.98. The maximum atomic E-state index is 12.0. The van der Waals surface area contributed by atoms with Crippen LogP contribution in [0.4, 0.5) is 0 Å². The molecule has 0 spiro atoms. The van der Waals surface area contributed by atoms with Crippen molar-refractivity contribution < 1.29 is 29.1 Å². The largest absolute Gasteiger partial charge is 0.508 e. The maximum Gasteiger partial charge on any atom is 0.466 e. The van der Waals surface area contributed by atoms with Gasteiger partial charge in [0.05, 0.1) is 24.2 Å². The number of carbonyl (C=O) groups is 1. The third-order valence-corrected chi connectivity index (χ3v) is 4.71. The molecule has 0 saturated carbocycles. The zero-order chi connectivity index (χ0) is 18.1. The smallest absolute Gasteiger partial charge is 0.466 e. The van der Waals surface area contributed by atoms with Gasteiger partial charge in [-0.1, -0.05) is 6.07 Å². The molecule has 1 aliphatic heterocycles. The first-order valence-corrected chi connectivity index (χ1v) is 8.10. The van der Waals surface area contributed by atoms with Crippen LogP contribution in [0.25, 0.3) is 0 Å². The van der Waals surface area contributed by atoms with Crippen LogP contribution in [0.1, 0.15) is 52.4 Å². The minimum atomic E-state index is -0.713. The lowest BCUT2D eigenvalue weighted by Gasteiger charge is -2.32. The van der Waals surface area contributed by atoms with Gasteiger partial charge in [0.15, 0.2) is 0 Å². The van der Waals surface area contributed by atoms with E-state index in [-0.39, 0.29) is 24.5 Å². The molecule has 1 heterocycles. The van der Waals surface area contributed by atoms with Gasteiger partial charge in [-0.25, -0.2) is 0 Å². The second-order valence-electron chi connectivity index (χ2n) is 6.98. The summed E-state index contributed by atoms with van der Waals surface area (Å²) in [5, 5.41) is 19.7. The van der Waals surface area contributed by atoms with Crippen LogP contribution in [0.5, 0.6) is 11.5 Å². The Morgan fingerprint density at radius 2 is 1.79 bits per heavy atom. The van der Waals surface area contributed by atoms with Crippen molar-refractivity contribution in [3.8, 4) is 11.5 Å². The maximum absolute atomic E-state index is 12.0. The van der Waals surface area contributed by atoms with Crippen LogP contribution in [-0.2, 0) is 18.8 Å². The van der Waals surface area contributed by atoms with E-state index in [1.807, 2.05) is 27.7 Å². The van der Waals surface area contributed by atoms with Crippen LogP contribution in [0.15, 0.2) is 18.2 Å². The second kappa shape index (κ2) is 6.65. The minimum absolute atomic E-state index is 0.00298. The Morgan fingerprint density at radius 1 is 1.21 bits per heavy atom. The molecule has 0 amide bonds. The number of ether oxygens (including phenoxy) is 1. The summed E-state index contributed by atoms with van der Waals surface area (Å²) in [5.41, 5.74) is -0.645. The van der Waals surface area contributed by atoms with E-state index in [1.165, 1.54) is 12.1 Å². The van der Waals surface area contributed by atoms with E-state index in [9.17, 15) is 15.0 Å². The third-order valence-electron chi connectivity index (χ3n) is 4.71. The molecule has 132 valence electrons. The van der Waals surface area contributed by atoms with E-state index in [4.69, 9.17) is 14.0 Å². The van der Waals surface area contributed by atoms with E-state index in [1.54, 1.807) is 13.0 Å². The summed E-state index contributed by atoms with van der Waals surface area (Å²) in [6.45, 7) is 9.70. The number of benzene rings is 1. The van der Waals surface area contributed by atoms with Crippen molar-refractivity contribution in [3.63, 3.8) is 0 Å². The molecular formula is C17H25BO6. The summed E-state index contributed by atoms with van der Waals surface area (Å²) < 4.78 is 17.1. The lowest BCUT2D eigenvalue weighted by Crippen LogP contribution is -2.41. The zero-order valence-electron chi connectivity index (χ0n) is 14.8. The minimum Gasteiger partial charge on any atom is -0.508 e. The number of phenols is 2. The van der Waals surface area contributed by atoms with Crippen LogP contribution < -0.4 is 0 Å². The number of phenolic OH excluding ortho intramolecular Hbond substituents is 2. The molecule has 1 fully saturated rings. The van der Waals surface area contributed by atoms with Crippen LogP contribution in [0, 0.1) is 0 Å². The van der Waals surface area contributed by atoms with Gasteiger partial charge in [0.2, 0.25) is 0 Å². The van der Waals surface area contributed by atoms with Crippen molar-refractivity contribution >= 4 is 13.1 Å². The number of hydrogen-bond acceptors (Lipinski definition) is 6. The van der Waals surface area contributed by atoms with Gasteiger partial charge in [-0.05, 0) is 46.2 Å². The van der Waals surface area contributed by atoms with E-state index < -0.39 is 30.1 Å². The molecule has 0 aliphatic carbocycles. The van der Waals surface area contributed by atoms with Crippen LogP contribution >= 0.6 is 0 Å². The first-order chi connectivity index (χ1) is 11.1. The van der Waals surface area contributed by atoms with Gasteiger partial charge in [0, 0.05) is 11.9 Å². The standard InChI is InChI=1S/C17H25BO6/c1-6-22-15(21)10-13(12-8-7-11(19)9-14(12)20)18-23-16(2,3)17(4,5)24-18/h7-9,13,19-20H,6,10H2,1-5H3. The molecule has 1 unspecified atom stereocenters. The normalized spacial score (nSPS) is 20.0. The number of carbonyl (C=O) groups excluding carboxylic acids is 1. The highest BCUT2D eigenvalue weighted by atomic mass is 16.7. The average Bonchev–Trinajstić information content (AvgIpc) is 2.65. The number of rotatable bonds is 5. The number of aromatic hydroxyl groups is 2. The molecule has 0 bridgehead atoms. The van der Waals surface area contributed by atoms with Gasteiger partial charge in [-0.2, -0.15) is 0 Å². The first kappa shape index (κ1) is 18.6. The number of esters is 1. The molecule has 2 N–H and O–H groups in total. The molecule has 7 heteroatoms. The fourth-order valence-corrected chi connectivity index (χ4v) is 2.65. The van der Waals surface area contributed by atoms with Crippen LogP contribution in [0.3, 0.4) is 0 Å². The highest BCUT2D eigenvalue weighted by molar-refractivity contribution is 6.48. The molecule has 0 radical (unpaired) electrons. The highest BCUT2D eigenvalue weighted by Gasteiger charge is 2.54. The molecule has 1 saturated heterocycles. The number of hydrogen-bond donors (Lipinski definition) is 2. The van der Waals surface area contributed by atoms with Gasteiger partial charge < -0.3 is 24.3 Å². The Labute approximate surface area is 142 Å². The first-order valence-electron chi connectivity index (χ1n) is 8.10. The summed E-state index contributed by atoms with van der Waals surface area (Å²) in [7, 11) is -0.713. The fraction of sp³-hybridized carbons (Fsp3) is 0.588. The monoisotopic (exact) mass is 336 g/mol. The predicted molar refractivity (Wildman–Crippen MR) is 89.8 cm³/mol. The topological polar surface area (TPSA) is 85.2 Å². The van der Waals surface area contributed by atoms with E-state index >= 15 is 0 Å². The molecule has 24 heavy (non-hydrogen) atoms. The molecule has 1 aliphatic rings. The Bertz CT molecular complexity index is 597. The van der Waals surface area contributed by atoms with Crippen molar-refractivity contribution in [2.45, 2.75) is 58.1 Å². The van der Waals surface area contributed by atoms with Gasteiger partial charge in [0.1, 0.15) is 11.5 Å². The molecular weight excluding hydrogens is 311 g/mol. The predicted octanol–water partition coefficient (Wildman–Crippen LogP) is 2.77. The van der Waals surface area contributed by atoms with Gasteiger partial charge in [-0.15, -0.1) is 0 Å². The SMILES string of the molecule is CCOC(=O)CC(B1OC(C)(C)C(C)(C)O1)c1ccc(O)cc1O. The Kier molecular flexibility index (Phi) is 5.15. The summed E-state index contributed by atoms with van der Waals surface area (Å²) in [5.74, 6) is -1.12. The van der Waals surface area contributed by atoms with E-state index in [2.05, 4.69) is 0 Å². The summed E-state index contributed by atoms with van der Waals surface area (Å²) in [6.07, 6.45) is 0.00298. The quantitative estimate of drug-likeness (QED) is 0.635. The summed E-state index contributed by atoms with van der Waals surface area (Å²) >= 11 is 0. The summed E-state index contributed by atoms with van der Waals surface area (Å²) in [6, 6.07) is 4.26. The fourth-order valence-electron chi connectivity index (χ4n) is 2.65. The molecule has 2 rings (SSSR count). The van der Waals surface area contributed by atoms with E-state index in [0.29, 0.717) is 5.56 Å². The van der Waals surface area contributed by atoms with Gasteiger partial charge >= 0.3 is 13.1 Å². The van der Waals surface area contributed by atoms with Gasteiger partial charge in [-0.3, -0.25) is 4.79 Å².